The van der Waals surface area contributed by atoms with E-state index in [1.54, 1.807) is 0 Å². The minimum Gasteiger partial charge on any atom is -0.360 e. The molecule has 0 N–H and O–H groups in total. The van der Waals surface area contributed by atoms with Crippen LogP contribution < -0.4 is 0 Å². The fourth-order valence-electron chi connectivity index (χ4n) is 2.28. The van der Waals surface area contributed by atoms with Gasteiger partial charge in [-0.05, 0) is 44.4 Å². The maximum atomic E-state index is 6.15. The standard InChI is InChI=1S/C14H17ClO/c1-4-14(10-9-13(2,3)16-14)11-5-7-12(15)8-6-11/h4-8H,1,9-10H2,2-3H3. The van der Waals surface area contributed by atoms with Crippen LogP contribution in [-0.2, 0) is 10.3 Å². The van der Waals surface area contributed by atoms with Gasteiger partial charge in [-0.3, -0.25) is 0 Å². The van der Waals surface area contributed by atoms with Crippen molar-refractivity contribution in [1.82, 2.24) is 0 Å². The molecule has 86 valence electrons. The zero-order chi connectivity index (χ0) is 11.8. The molecule has 1 aromatic carbocycles. The Labute approximate surface area is 102 Å². The number of hydrogen-bond donors (Lipinski definition) is 0. The van der Waals surface area contributed by atoms with Gasteiger partial charge in [-0.25, -0.2) is 0 Å². The van der Waals surface area contributed by atoms with E-state index >= 15 is 0 Å². The van der Waals surface area contributed by atoms with E-state index in [1.807, 2.05) is 30.3 Å². The van der Waals surface area contributed by atoms with Crippen LogP contribution in [0.25, 0.3) is 0 Å². The van der Waals surface area contributed by atoms with Crippen molar-refractivity contribution in [2.24, 2.45) is 0 Å². The third-order valence-electron chi connectivity index (χ3n) is 3.22. The molecule has 1 nitrogen and oxygen atoms in total. The maximum Gasteiger partial charge on any atom is 0.112 e. The Morgan fingerprint density at radius 2 is 1.88 bits per heavy atom. The quantitative estimate of drug-likeness (QED) is 0.696. The lowest BCUT2D eigenvalue weighted by molar-refractivity contribution is -0.0617. The molecule has 0 saturated carbocycles. The van der Waals surface area contributed by atoms with E-state index in [0.717, 1.165) is 23.4 Å². The van der Waals surface area contributed by atoms with E-state index in [1.165, 1.54) is 0 Å². The second-order valence-corrected chi connectivity index (χ2v) is 5.40. The van der Waals surface area contributed by atoms with Crippen molar-refractivity contribution in [3.8, 4) is 0 Å². The smallest absolute Gasteiger partial charge is 0.112 e. The molecule has 1 atom stereocenters. The second-order valence-electron chi connectivity index (χ2n) is 4.96. The molecule has 2 heteroatoms. The first-order valence-electron chi connectivity index (χ1n) is 5.57. The summed E-state index contributed by atoms with van der Waals surface area (Å²) in [5, 5.41) is 0.750. The number of benzene rings is 1. The van der Waals surface area contributed by atoms with Crippen molar-refractivity contribution in [2.45, 2.75) is 37.9 Å². The zero-order valence-corrected chi connectivity index (χ0v) is 10.6. The van der Waals surface area contributed by atoms with Gasteiger partial charge in [-0.2, -0.15) is 0 Å². The Balaban J connectivity index is 2.36. The lowest BCUT2D eigenvalue weighted by atomic mass is 9.90. The van der Waals surface area contributed by atoms with Gasteiger partial charge in [0.1, 0.15) is 5.60 Å². The highest BCUT2D eigenvalue weighted by atomic mass is 35.5. The van der Waals surface area contributed by atoms with E-state index in [-0.39, 0.29) is 11.2 Å². The summed E-state index contributed by atoms with van der Waals surface area (Å²) < 4.78 is 6.15. The molecule has 0 aromatic heterocycles. The van der Waals surface area contributed by atoms with Crippen molar-refractivity contribution < 1.29 is 4.74 Å². The van der Waals surface area contributed by atoms with Crippen LogP contribution in [0.15, 0.2) is 36.9 Å². The average molecular weight is 237 g/mol. The largest absolute Gasteiger partial charge is 0.360 e. The molecule has 16 heavy (non-hydrogen) atoms. The third kappa shape index (κ3) is 2.02. The molecule has 0 amide bonds. The molecule has 2 rings (SSSR count). The van der Waals surface area contributed by atoms with E-state index in [4.69, 9.17) is 16.3 Å². The Hall–Kier alpha value is -0.790. The van der Waals surface area contributed by atoms with E-state index < -0.39 is 0 Å². The fraction of sp³-hybridized carbons (Fsp3) is 0.429. The molecule has 1 unspecified atom stereocenters. The Morgan fingerprint density at radius 1 is 1.25 bits per heavy atom. The molecule has 0 spiro atoms. The maximum absolute atomic E-state index is 6.15. The highest BCUT2D eigenvalue weighted by molar-refractivity contribution is 6.30. The summed E-state index contributed by atoms with van der Waals surface area (Å²) >= 11 is 5.90. The third-order valence-corrected chi connectivity index (χ3v) is 3.47. The highest BCUT2D eigenvalue weighted by Gasteiger charge is 2.43. The SMILES string of the molecule is C=CC1(c2ccc(Cl)cc2)CCC(C)(C)O1. The van der Waals surface area contributed by atoms with E-state index in [9.17, 15) is 0 Å². The number of hydrogen-bond acceptors (Lipinski definition) is 1. The predicted octanol–water partition coefficient (Wildman–Crippen LogP) is 4.31. The molecule has 1 aromatic rings. The summed E-state index contributed by atoms with van der Waals surface area (Å²) in [5.74, 6) is 0. The van der Waals surface area contributed by atoms with Crippen LogP contribution in [0.1, 0.15) is 32.3 Å². The predicted molar refractivity (Wildman–Crippen MR) is 67.7 cm³/mol. The van der Waals surface area contributed by atoms with Gasteiger partial charge in [-0.1, -0.05) is 36.4 Å². The number of ether oxygens (including phenoxy) is 1. The molecular weight excluding hydrogens is 220 g/mol. The molecule has 1 saturated heterocycles. The van der Waals surface area contributed by atoms with Crippen molar-refractivity contribution in [1.29, 1.82) is 0 Å². The van der Waals surface area contributed by atoms with Crippen molar-refractivity contribution in [2.75, 3.05) is 0 Å². The topological polar surface area (TPSA) is 9.23 Å². The lowest BCUT2D eigenvalue weighted by Gasteiger charge is -2.29. The average Bonchev–Trinajstić information content (AvgIpc) is 2.57. The molecule has 0 bridgehead atoms. The van der Waals surface area contributed by atoms with Crippen molar-refractivity contribution in [3.05, 3.63) is 47.5 Å². The Bertz CT molecular complexity index is 394. The van der Waals surface area contributed by atoms with E-state index in [0.29, 0.717) is 0 Å². The summed E-state index contributed by atoms with van der Waals surface area (Å²) in [6.07, 6.45) is 3.93. The molecule has 1 aliphatic rings. The zero-order valence-electron chi connectivity index (χ0n) is 9.79. The van der Waals surface area contributed by atoms with Crippen LogP contribution in [0.2, 0.25) is 5.02 Å². The molecular formula is C14H17ClO. The number of rotatable bonds is 2. The summed E-state index contributed by atoms with van der Waals surface area (Å²) in [6.45, 7) is 8.16. The summed E-state index contributed by atoms with van der Waals surface area (Å²) in [5.41, 5.74) is 0.722. The monoisotopic (exact) mass is 236 g/mol. The van der Waals surface area contributed by atoms with Crippen LogP contribution in [0, 0.1) is 0 Å². The highest BCUT2D eigenvalue weighted by Crippen LogP contribution is 2.45. The van der Waals surface area contributed by atoms with Gasteiger partial charge in [0, 0.05) is 5.02 Å². The molecule has 0 aliphatic carbocycles. The molecule has 1 fully saturated rings. The van der Waals surface area contributed by atoms with E-state index in [2.05, 4.69) is 20.4 Å². The van der Waals surface area contributed by atoms with Gasteiger partial charge in [-0.15, -0.1) is 0 Å². The number of halogens is 1. The molecule has 1 aliphatic heterocycles. The Morgan fingerprint density at radius 3 is 2.31 bits per heavy atom. The Kier molecular flexibility index (Phi) is 2.85. The van der Waals surface area contributed by atoms with Crippen LogP contribution in [0.5, 0.6) is 0 Å². The van der Waals surface area contributed by atoms with Gasteiger partial charge in [0.25, 0.3) is 0 Å². The first-order valence-corrected chi connectivity index (χ1v) is 5.95. The van der Waals surface area contributed by atoms with Gasteiger partial charge in [0.05, 0.1) is 5.60 Å². The summed E-state index contributed by atoms with van der Waals surface area (Å²) in [7, 11) is 0. The van der Waals surface area contributed by atoms with Crippen LogP contribution in [0.3, 0.4) is 0 Å². The van der Waals surface area contributed by atoms with Gasteiger partial charge < -0.3 is 4.74 Å². The van der Waals surface area contributed by atoms with Crippen LogP contribution in [-0.4, -0.2) is 5.60 Å². The normalized spacial score (nSPS) is 27.9. The minimum atomic E-state index is -0.339. The minimum absolute atomic E-state index is 0.0756. The summed E-state index contributed by atoms with van der Waals surface area (Å²) in [6, 6.07) is 7.84. The van der Waals surface area contributed by atoms with Crippen molar-refractivity contribution >= 4 is 11.6 Å². The fourth-order valence-corrected chi connectivity index (χ4v) is 2.40. The van der Waals surface area contributed by atoms with Crippen molar-refractivity contribution in [3.63, 3.8) is 0 Å². The molecule has 0 radical (unpaired) electrons. The van der Waals surface area contributed by atoms with Gasteiger partial charge >= 0.3 is 0 Å². The molecule has 1 heterocycles. The first kappa shape index (κ1) is 11.7. The van der Waals surface area contributed by atoms with Gasteiger partial charge in [0.15, 0.2) is 0 Å². The second kappa shape index (κ2) is 3.90. The summed E-state index contributed by atoms with van der Waals surface area (Å²) in [4.78, 5) is 0. The lowest BCUT2D eigenvalue weighted by Crippen LogP contribution is -2.27. The van der Waals surface area contributed by atoms with Crippen LogP contribution in [0.4, 0.5) is 0 Å². The van der Waals surface area contributed by atoms with Crippen LogP contribution >= 0.6 is 11.6 Å². The first-order chi connectivity index (χ1) is 7.47. The van der Waals surface area contributed by atoms with Gasteiger partial charge in [0.2, 0.25) is 0 Å².